The first kappa shape index (κ1) is 21.8. The van der Waals surface area contributed by atoms with Gasteiger partial charge in [-0.1, -0.05) is 12.1 Å². The largest absolute Gasteiger partial charge is 0.348 e. The number of likely N-dealkylation sites (tertiary alicyclic amines) is 1. The smallest absolute Gasteiger partial charge is 0.254 e. The molecule has 0 aliphatic carbocycles. The van der Waals surface area contributed by atoms with E-state index in [1.165, 1.54) is 12.1 Å². The lowest BCUT2D eigenvalue weighted by Gasteiger charge is -2.32. The van der Waals surface area contributed by atoms with Crippen LogP contribution in [0.15, 0.2) is 30.5 Å². The van der Waals surface area contributed by atoms with Crippen molar-refractivity contribution < 1.29 is 14.0 Å². The molecule has 1 saturated heterocycles. The normalized spacial score (nSPS) is 16.6. The molecule has 0 unspecified atom stereocenters. The molecule has 1 atom stereocenters. The number of benzene rings is 1. The number of piperidine rings is 1. The topological polar surface area (TPSA) is 78.4 Å². The molecule has 1 aliphatic rings. The number of aromatic nitrogens is 2. The third-order valence-electron chi connectivity index (χ3n) is 5.20. The molecule has 30 heavy (non-hydrogen) atoms. The number of hydrogen-bond acceptors (Lipinski definition) is 5. The Morgan fingerprint density at radius 2 is 2.00 bits per heavy atom. The van der Waals surface area contributed by atoms with Crippen LogP contribution in [0.5, 0.6) is 0 Å². The summed E-state index contributed by atoms with van der Waals surface area (Å²) in [6.45, 7) is 3.83. The Morgan fingerprint density at radius 3 is 2.67 bits per heavy atom. The Hall–Kier alpha value is -2.87. The lowest BCUT2D eigenvalue weighted by Crippen LogP contribution is -2.43. The van der Waals surface area contributed by atoms with Gasteiger partial charge in [0.2, 0.25) is 5.91 Å². The highest BCUT2D eigenvalue weighted by Gasteiger charge is 2.27. The van der Waals surface area contributed by atoms with Gasteiger partial charge in [-0.3, -0.25) is 9.59 Å². The molecule has 0 saturated carbocycles. The second-order valence-electron chi connectivity index (χ2n) is 7.95. The lowest BCUT2D eigenvalue weighted by molar-refractivity contribution is -0.133. The molecule has 2 aromatic rings. The third-order valence-corrected chi connectivity index (χ3v) is 5.20. The molecule has 1 aromatic carbocycles. The monoisotopic (exact) mass is 413 g/mol. The zero-order valence-electron chi connectivity index (χ0n) is 17.7. The predicted octanol–water partition coefficient (Wildman–Crippen LogP) is 2.12. The number of aryl methyl sites for hydroxylation is 1. The molecular weight excluding hydrogens is 385 g/mol. The maximum atomic E-state index is 13.0. The molecule has 2 amide bonds. The van der Waals surface area contributed by atoms with Crippen LogP contribution in [0.4, 0.5) is 4.39 Å². The number of amides is 2. The van der Waals surface area contributed by atoms with Crippen LogP contribution in [0.3, 0.4) is 0 Å². The van der Waals surface area contributed by atoms with Gasteiger partial charge in [0.25, 0.3) is 5.91 Å². The zero-order valence-corrected chi connectivity index (χ0v) is 17.7. The van der Waals surface area contributed by atoms with E-state index in [1.807, 2.05) is 23.9 Å². The SMILES string of the molecule is Cc1nc([C@H]2CCCN(C(=O)CN(C)C)C2)ncc1C(=O)NCc1ccc(F)cc1. The molecule has 0 spiro atoms. The van der Waals surface area contributed by atoms with Crippen LogP contribution in [-0.2, 0) is 11.3 Å². The van der Waals surface area contributed by atoms with Gasteiger partial charge in [-0.25, -0.2) is 14.4 Å². The minimum absolute atomic E-state index is 0.0693. The van der Waals surface area contributed by atoms with Gasteiger partial charge in [0.05, 0.1) is 17.8 Å². The number of likely N-dealkylation sites (N-methyl/N-ethyl adjacent to an activating group) is 1. The Bertz CT molecular complexity index is 901. The standard InChI is InChI=1S/C22H28FN5O2/c1-15-19(22(30)25-11-16-6-8-18(23)9-7-16)12-24-21(26-15)17-5-4-10-28(13-17)20(29)14-27(2)3/h6-9,12,17H,4-5,10-11,13-14H2,1-3H3,(H,25,30)/t17-/m0/s1. The van der Waals surface area contributed by atoms with E-state index in [9.17, 15) is 14.0 Å². The van der Waals surface area contributed by atoms with Crippen molar-refractivity contribution in [3.05, 3.63) is 58.9 Å². The summed E-state index contributed by atoms with van der Waals surface area (Å²) in [5.41, 5.74) is 1.83. The Balaban J connectivity index is 1.63. The van der Waals surface area contributed by atoms with E-state index in [-0.39, 0.29) is 23.5 Å². The molecule has 1 N–H and O–H groups in total. The summed E-state index contributed by atoms with van der Waals surface area (Å²) < 4.78 is 13.0. The van der Waals surface area contributed by atoms with Crippen LogP contribution in [0.2, 0.25) is 0 Å². The lowest BCUT2D eigenvalue weighted by atomic mass is 9.96. The van der Waals surface area contributed by atoms with Crippen LogP contribution in [-0.4, -0.2) is 65.3 Å². The van der Waals surface area contributed by atoms with E-state index in [1.54, 1.807) is 25.3 Å². The average molecular weight is 413 g/mol. The molecule has 160 valence electrons. The predicted molar refractivity (Wildman–Crippen MR) is 111 cm³/mol. The fraction of sp³-hybridized carbons (Fsp3) is 0.455. The highest BCUT2D eigenvalue weighted by atomic mass is 19.1. The summed E-state index contributed by atoms with van der Waals surface area (Å²) >= 11 is 0. The van der Waals surface area contributed by atoms with Gasteiger partial charge in [-0.05, 0) is 51.6 Å². The van der Waals surface area contributed by atoms with Crippen LogP contribution in [0, 0.1) is 12.7 Å². The molecule has 2 heterocycles. The minimum Gasteiger partial charge on any atom is -0.348 e. The maximum absolute atomic E-state index is 13.0. The van der Waals surface area contributed by atoms with Crippen molar-refractivity contribution in [2.45, 2.75) is 32.2 Å². The third kappa shape index (κ3) is 5.60. The van der Waals surface area contributed by atoms with E-state index < -0.39 is 0 Å². The van der Waals surface area contributed by atoms with Gasteiger partial charge in [0.15, 0.2) is 0 Å². The second-order valence-corrected chi connectivity index (χ2v) is 7.95. The molecule has 3 rings (SSSR count). The number of hydrogen-bond donors (Lipinski definition) is 1. The molecule has 7 nitrogen and oxygen atoms in total. The number of rotatable bonds is 6. The van der Waals surface area contributed by atoms with Crippen LogP contribution in [0.1, 0.15) is 46.2 Å². The van der Waals surface area contributed by atoms with Crippen molar-refractivity contribution in [1.82, 2.24) is 25.1 Å². The maximum Gasteiger partial charge on any atom is 0.254 e. The fourth-order valence-corrected chi connectivity index (χ4v) is 3.57. The Morgan fingerprint density at radius 1 is 1.27 bits per heavy atom. The van der Waals surface area contributed by atoms with Crippen LogP contribution < -0.4 is 5.32 Å². The summed E-state index contributed by atoms with van der Waals surface area (Å²) in [7, 11) is 3.76. The van der Waals surface area contributed by atoms with E-state index in [0.29, 0.717) is 36.7 Å². The minimum atomic E-state index is -0.311. The van der Waals surface area contributed by atoms with Gasteiger partial charge in [-0.2, -0.15) is 0 Å². The molecule has 8 heteroatoms. The van der Waals surface area contributed by atoms with Gasteiger partial charge in [0, 0.05) is 31.7 Å². The van der Waals surface area contributed by atoms with E-state index in [2.05, 4.69) is 15.3 Å². The van der Waals surface area contributed by atoms with Crippen LogP contribution in [0.25, 0.3) is 0 Å². The molecular formula is C22H28FN5O2. The average Bonchev–Trinajstić information content (AvgIpc) is 2.72. The highest BCUT2D eigenvalue weighted by molar-refractivity contribution is 5.94. The second kappa shape index (κ2) is 9.75. The number of carbonyl (C=O) groups excluding carboxylic acids is 2. The van der Waals surface area contributed by atoms with E-state index in [0.717, 1.165) is 24.9 Å². The first-order chi connectivity index (χ1) is 14.3. The highest BCUT2D eigenvalue weighted by Crippen LogP contribution is 2.25. The summed E-state index contributed by atoms with van der Waals surface area (Å²) in [5, 5.41) is 2.82. The Kier molecular flexibility index (Phi) is 7.10. The van der Waals surface area contributed by atoms with Crippen molar-refractivity contribution in [3.8, 4) is 0 Å². The van der Waals surface area contributed by atoms with E-state index in [4.69, 9.17) is 0 Å². The van der Waals surface area contributed by atoms with Crippen molar-refractivity contribution in [2.75, 3.05) is 33.7 Å². The molecule has 1 aliphatic heterocycles. The summed E-state index contributed by atoms with van der Waals surface area (Å²) in [6, 6.07) is 5.99. The van der Waals surface area contributed by atoms with Gasteiger partial charge < -0.3 is 15.1 Å². The van der Waals surface area contributed by atoms with Crippen molar-refractivity contribution in [3.63, 3.8) is 0 Å². The first-order valence-corrected chi connectivity index (χ1v) is 10.1. The number of nitrogens with one attached hydrogen (secondary N) is 1. The fourth-order valence-electron chi connectivity index (χ4n) is 3.57. The number of carbonyl (C=O) groups is 2. The number of halogens is 1. The van der Waals surface area contributed by atoms with Gasteiger partial charge in [-0.15, -0.1) is 0 Å². The molecule has 1 aromatic heterocycles. The van der Waals surface area contributed by atoms with E-state index >= 15 is 0 Å². The Labute approximate surface area is 176 Å². The van der Waals surface area contributed by atoms with Crippen molar-refractivity contribution >= 4 is 11.8 Å². The summed E-state index contributed by atoms with van der Waals surface area (Å²) in [5.74, 6) is 0.271. The molecule has 0 bridgehead atoms. The number of nitrogens with zero attached hydrogens (tertiary/aromatic N) is 4. The van der Waals surface area contributed by atoms with Crippen molar-refractivity contribution in [2.24, 2.45) is 0 Å². The van der Waals surface area contributed by atoms with Gasteiger partial charge in [0.1, 0.15) is 11.6 Å². The quantitative estimate of drug-likeness (QED) is 0.785. The van der Waals surface area contributed by atoms with Crippen LogP contribution >= 0.6 is 0 Å². The molecule has 0 radical (unpaired) electrons. The van der Waals surface area contributed by atoms with Gasteiger partial charge >= 0.3 is 0 Å². The zero-order chi connectivity index (χ0) is 21.7. The molecule has 1 fully saturated rings. The summed E-state index contributed by atoms with van der Waals surface area (Å²) in [4.78, 5) is 37.6. The summed E-state index contributed by atoms with van der Waals surface area (Å²) in [6.07, 6.45) is 3.38. The first-order valence-electron chi connectivity index (χ1n) is 10.1. The van der Waals surface area contributed by atoms with Crippen molar-refractivity contribution in [1.29, 1.82) is 0 Å².